The van der Waals surface area contributed by atoms with Gasteiger partial charge in [0.05, 0.1) is 19.4 Å². The number of phenolic OH excluding ortho intramolecular Hbond substituents is 2. The Bertz CT molecular complexity index is 909. The predicted octanol–water partition coefficient (Wildman–Crippen LogP) is 2.66. The van der Waals surface area contributed by atoms with Crippen molar-refractivity contribution in [2.45, 2.75) is 39.0 Å². The van der Waals surface area contributed by atoms with E-state index in [9.17, 15) is 19.8 Å². The fraction of sp³-hybridized carbons (Fsp3) is 0.318. The topological polar surface area (TPSA) is 129 Å². The van der Waals surface area contributed by atoms with E-state index in [1.165, 1.54) is 18.3 Å². The molecule has 166 valence electrons. The lowest BCUT2D eigenvalue weighted by Gasteiger charge is -2.22. The number of hydrazone groups is 1. The fourth-order valence-corrected chi connectivity index (χ4v) is 2.39. The fourth-order valence-electron chi connectivity index (χ4n) is 2.39. The quantitative estimate of drug-likeness (QED) is 0.377. The average Bonchev–Trinajstić information content (AvgIpc) is 2.68. The molecule has 0 aromatic heterocycles. The molecule has 0 saturated heterocycles. The van der Waals surface area contributed by atoms with Gasteiger partial charge in [0.2, 0.25) is 0 Å². The van der Waals surface area contributed by atoms with E-state index in [0.717, 1.165) is 11.6 Å². The Labute approximate surface area is 180 Å². The lowest BCUT2D eigenvalue weighted by molar-refractivity contribution is -0.124. The molecule has 2 aromatic carbocycles. The lowest BCUT2D eigenvalue weighted by Crippen LogP contribution is -2.49. The molecule has 0 radical (unpaired) electrons. The molecule has 0 aliphatic heterocycles. The lowest BCUT2D eigenvalue weighted by atomic mass is 10.2. The Morgan fingerprint density at radius 1 is 1.13 bits per heavy atom. The van der Waals surface area contributed by atoms with Crippen LogP contribution in [0.4, 0.5) is 4.79 Å². The highest BCUT2D eigenvalue weighted by Crippen LogP contribution is 2.20. The van der Waals surface area contributed by atoms with Crippen molar-refractivity contribution in [3.63, 3.8) is 0 Å². The van der Waals surface area contributed by atoms with E-state index in [4.69, 9.17) is 9.47 Å². The highest BCUT2D eigenvalue weighted by molar-refractivity contribution is 5.88. The number of benzene rings is 2. The summed E-state index contributed by atoms with van der Waals surface area (Å²) in [7, 11) is 0. The van der Waals surface area contributed by atoms with E-state index in [-0.39, 0.29) is 30.3 Å². The molecule has 0 spiro atoms. The first-order valence-electron chi connectivity index (χ1n) is 9.60. The van der Waals surface area contributed by atoms with Crippen molar-refractivity contribution >= 4 is 18.2 Å². The highest BCUT2D eigenvalue weighted by atomic mass is 16.6. The molecule has 4 N–H and O–H groups in total. The second-order valence-electron chi connectivity index (χ2n) is 7.68. The van der Waals surface area contributed by atoms with E-state index >= 15 is 0 Å². The second-order valence-corrected chi connectivity index (χ2v) is 7.68. The summed E-state index contributed by atoms with van der Waals surface area (Å²) in [5.74, 6) is -0.933. The molecular weight excluding hydrogens is 402 g/mol. The van der Waals surface area contributed by atoms with Crippen LogP contribution in [-0.2, 0) is 20.9 Å². The molecule has 0 bridgehead atoms. The molecule has 1 atom stereocenters. The standard InChI is InChI=1S/C22H27N3O6/c1-22(2,3)31-21(29)24-18(14-30-13-15-7-5-4-6-8-15)20(28)25-23-12-16-9-10-17(26)11-19(16)27/h4-12,18,26-27H,13-14H2,1-3H3,(H,24,29)(H,25,28). The van der Waals surface area contributed by atoms with Gasteiger partial charge in [0.15, 0.2) is 0 Å². The molecule has 9 heteroatoms. The van der Waals surface area contributed by atoms with Crippen molar-refractivity contribution in [3.8, 4) is 11.5 Å². The summed E-state index contributed by atoms with van der Waals surface area (Å²) >= 11 is 0. The summed E-state index contributed by atoms with van der Waals surface area (Å²) in [5.41, 5.74) is 2.77. The van der Waals surface area contributed by atoms with Crippen LogP contribution in [0.25, 0.3) is 0 Å². The van der Waals surface area contributed by atoms with Gasteiger partial charge >= 0.3 is 6.09 Å². The minimum atomic E-state index is -1.07. The van der Waals surface area contributed by atoms with Crippen molar-refractivity contribution < 1.29 is 29.3 Å². The number of ether oxygens (including phenoxy) is 2. The van der Waals surface area contributed by atoms with Gasteiger partial charge in [-0.15, -0.1) is 0 Å². The Kier molecular flexibility index (Phi) is 8.39. The van der Waals surface area contributed by atoms with E-state index in [0.29, 0.717) is 0 Å². The van der Waals surface area contributed by atoms with Crippen molar-refractivity contribution in [2.75, 3.05) is 6.61 Å². The molecule has 1 unspecified atom stereocenters. The molecule has 2 rings (SSSR count). The minimum absolute atomic E-state index is 0.101. The summed E-state index contributed by atoms with van der Waals surface area (Å²) < 4.78 is 10.8. The molecule has 0 aliphatic carbocycles. The number of aromatic hydroxyl groups is 2. The zero-order valence-electron chi connectivity index (χ0n) is 17.7. The normalized spacial score (nSPS) is 12.4. The maximum Gasteiger partial charge on any atom is 0.408 e. The van der Waals surface area contributed by atoms with E-state index in [1.807, 2.05) is 30.3 Å². The molecule has 2 aromatic rings. The van der Waals surface area contributed by atoms with Gasteiger partial charge in [0, 0.05) is 11.6 Å². The number of rotatable bonds is 8. The average molecular weight is 429 g/mol. The molecule has 31 heavy (non-hydrogen) atoms. The number of hydrogen-bond acceptors (Lipinski definition) is 7. The van der Waals surface area contributed by atoms with Crippen LogP contribution < -0.4 is 10.7 Å². The first-order valence-corrected chi connectivity index (χ1v) is 9.60. The van der Waals surface area contributed by atoms with Gasteiger partial charge in [0.25, 0.3) is 5.91 Å². The number of nitrogens with zero attached hydrogens (tertiary/aromatic N) is 1. The first kappa shape index (κ1) is 23.7. The Morgan fingerprint density at radius 3 is 2.48 bits per heavy atom. The van der Waals surface area contributed by atoms with Crippen LogP contribution in [-0.4, -0.2) is 46.7 Å². The Morgan fingerprint density at radius 2 is 1.84 bits per heavy atom. The van der Waals surface area contributed by atoms with Crippen LogP contribution >= 0.6 is 0 Å². The van der Waals surface area contributed by atoms with Crippen molar-refractivity contribution in [1.29, 1.82) is 0 Å². The maximum atomic E-state index is 12.5. The minimum Gasteiger partial charge on any atom is -0.508 e. The molecule has 0 heterocycles. The van der Waals surface area contributed by atoms with Gasteiger partial charge in [0.1, 0.15) is 23.1 Å². The van der Waals surface area contributed by atoms with Crippen molar-refractivity contribution in [2.24, 2.45) is 5.10 Å². The maximum absolute atomic E-state index is 12.5. The number of carbonyl (C=O) groups is 2. The zero-order chi connectivity index (χ0) is 22.9. The largest absolute Gasteiger partial charge is 0.508 e. The van der Waals surface area contributed by atoms with Crippen LogP contribution in [0, 0.1) is 0 Å². The summed E-state index contributed by atoms with van der Waals surface area (Å²) in [5, 5.41) is 25.3. The third-order valence-corrected chi connectivity index (χ3v) is 3.80. The molecule has 0 saturated carbocycles. The van der Waals surface area contributed by atoms with E-state index in [1.54, 1.807) is 20.8 Å². The molecule has 0 fully saturated rings. The highest BCUT2D eigenvalue weighted by Gasteiger charge is 2.24. The van der Waals surface area contributed by atoms with Crippen LogP contribution in [0.15, 0.2) is 53.6 Å². The van der Waals surface area contributed by atoms with E-state index in [2.05, 4.69) is 15.8 Å². The first-order chi connectivity index (χ1) is 14.6. The number of alkyl carbamates (subject to hydrolysis) is 1. The van der Waals surface area contributed by atoms with Crippen molar-refractivity contribution in [1.82, 2.24) is 10.7 Å². The number of hydrogen-bond donors (Lipinski definition) is 4. The van der Waals surface area contributed by atoms with Gasteiger partial charge in [-0.05, 0) is 38.5 Å². The Hall–Kier alpha value is -3.59. The molecule has 9 nitrogen and oxygen atoms in total. The SMILES string of the molecule is CC(C)(C)OC(=O)NC(COCc1ccccc1)C(=O)NN=Cc1ccc(O)cc1O. The zero-order valence-corrected chi connectivity index (χ0v) is 17.7. The summed E-state index contributed by atoms with van der Waals surface area (Å²) in [6.45, 7) is 5.27. The Balaban J connectivity index is 1.99. The predicted molar refractivity (Wildman–Crippen MR) is 115 cm³/mol. The smallest absolute Gasteiger partial charge is 0.408 e. The molecule has 0 aliphatic rings. The third-order valence-electron chi connectivity index (χ3n) is 3.80. The van der Waals surface area contributed by atoms with Gasteiger partial charge in [-0.1, -0.05) is 30.3 Å². The van der Waals surface area contributed by atoms with Crippen LogP contribution in [0.5, 0.6) is 11.5 Å². The molecular formula is C22H27N3O6. The summed E-state index contributed by atoms with van der Waals surface area (Å²) in [6.07, 6.45) is 0.443. The van der Waals surface area contributed by atoms with E-state index < -0.39 is 23.6 Å². The van der Waals surface area contributed by atoms with Crippen molar-refractivity contribution in [3.05, 3.63) is 59.7 Å². The van der Waals surface area contributed by atoms with Crippen LogP contribution in [0.1, 0.15) is 31.9 Å². The monoisotopic (exact) mass is 429 g/mol. The molecule has 2 amide bonds. The second kappa shape index (κ2) is 11.0. The van der Waals surface area contributed by atoms with Gasteiger partial charge in [-0.3, -0.25) is 4.79 Å². The number of amides is 2. The van der Waals surface area contributed by atoms with Gasteiger partial charge < -0.3 is 25.0 Å². The number of carbonyl (C=O) groups excluding carboxylic acids is 2. The van der Waals surface area contributed by atoms with Gasteiger partial charge in [-0.2, -0.15) is 5.10 Å². The van der Waals surface area contributed by atoms with Crippen LogP contribution in [0.3, 0.4) is 0 Å². The van der Waals surface area contributed by atoms with Gasteiger partial charge in [-0.25, -0.2) is 10.2 Å². The third kappa shape index (κ3) is 8.75. The summed E-state index contributed by atoms with van der Waals surface area (Å²) in [4.78, 5) is 24.7. The summed E-state index contributed by atoms with van der Waals surface area (Å²) in [6, 6.07) is 12.3. The number of nitrogens with one attached hydrogen (secondary N) is 2. The van der Waals surface area contributed by atoms with Crippen LogP contribution in [0.2, 0.25) is 0 Å². The number of phenols is 2.